The maximum atomic E-state index is 13.5. The number of fused-ring (bicyclic) bond motifs is 1. The number of nitrogens with zero attached hydrogens (tertiary/aromatic N) is 3. The van der Waals surface area contributed by atoms with Crippen LogP contribution in [0.5, 0.6) is 0 Å². The van der Waals surface area contributed by atoms with Crippen LogP contribution >= 0.6 is 11.6 Å². The normalized spacial score (nSPS) is 13.5. The van der Waals surface area contributed by atoms with Crippen molar-refractivity contribution in [1.82, 2.24) is 14.7 Å². The summed E-state index contributed by atoms with van der Waals surface area (Å²) in [6, 6.07) is 10.3. The molecule has 2 heterocycles. The second kappa shape index (κ2) is 7.12. The van der Waals surface area contributed by atoms with Crippen LogP contribution in [0.15, 0.2) is 48.7 Å². The van der Waals surface area contributed by atoms with Crippen LogP contribution in [0, 0.1) is 11.6 Å². The topological polar surface area (TPSA) is 38.1 Å². The number of hydrogen-bond donors (Lipinski definition) is 0. The highest BCUT2D eigenvalue weighted by Gasteiger charge is 2.24. The second-order valence-electron chi connectivity index (χ2n) is 6.50. The Morgan fingerprint density at radius 1 is 1.07 bits per heavy atom. The predicted octanol–water partition coefficient (Wildman–Crippen LogP) is 4.07. The van der Waals surface area contributed by atoms with Crippen molar-refractivity contribution in [2.24, 2.45) is 0 Å². The summed E-state index contributed by atoms with van der Waals surface area (Å²) in [5.74, 6) is -0.861. The minimum Gasteiger partial charge on any atom is -0.335 e. The van der Waals surface area contributed by atoms with Gasteiger partial charge in [0.2, 0.25) is 5.91 Å². The first kappa shape index (κ1) is 17.7. The number of aromatic nitrogens is 2. The van der Waals surface area contributed by atoms with Crippen molar-refractivity contribution < 1.29 is 13.6 Å². The van der Waals surface area contributed by atoms with Crippen LogP contribution in [0.25, 0.3) is 11.1 Å². The molecule has 4 rings (SSSR count). The Bertz CT molecular complexity index is 981. The summed E-state index contributed by atoms with van der Waals surface area (Å²) in [7, 11) is 0. The summed E-state index contributed by atoms with van der Waals surface area (Å²) in [4.78, 5) is 14.4. The predicted molar refractivity (Wildman–Crippen MR) is 98.2 cm³/mol. The smallest absolute Gasteiger partial charge is 0.227 e. The lowest BCUT2D eigenvalue weighted by molar-refractivity contribution is -0.131. The Balaban J connectivity index is 1.54. The summed E-state index contributed by atoms with van der Waals surface area (Å²) in [6.45, 7) is 1.50. The molecule has 0 bridgehead atoms. The van der Waals surface area contributed by atoms with Crippen molar-refractivity contribution in [1.29, 1.82) is 0 Å². The molecular weight excluding hydrogens is 372 g/mol. The van der Waals surface area contributed by atoms with Crippen LogP contribution in [-0.4, -0.2) is 27.1 Å². The van der Waals surface area contributed by atoms with E-state index in [4.69, 9.17) is 11.6 Å². The summed E-state index contributed by atoms with van der Waals surface area (Å²) >= 11 is 5.87. The van der Waals surface area contributed by atoms with E-state index in [1.165, 1.54) is 24.3 Å². The molecule has 3 aromatic rings. The largest absolute Gasteiger partial charge is 0.335 e. The van der Waals surface area contributed by atoms with Crippen LogP contribution < -0.4 is 0 Å². The average Bonchev–Trinajstić information content (AvgIpc) is 3.04. The third kappa shape index (κ3) is 3.71. The van der Waals surface area contributed by atoms with E-state index in [9.17, 15) is 13.6 Å². The molecule has 1 aliphatic heterocycles. The standard InChI is InChI=1S/C20H16ClF2N3O/c21-15-7-13(8-17(23)10-15)9-20(27)25-5-6-26-19(12-25)18(11-24-26)14-1-3-16(22)4-2-14/h1-4,7-8,10-11H,5-6,9,12H2. The Labute approximate surface area is 160 Å². The summed E-state index contributed by atoms with van der Waals surface area (Å²) in [6.07, 6.45) is 1.82. The number of halogens is 3. The molecule has 138 valence electrons. The maximum absolute atomic E-state index is 13.5. The molecule has 0 unspecified atom stereocenters. The van der Waals surface area contributed by atoms with Gasteiger partial charge in [-0.15, -0.1) is 0 Å². The molecule has 0 saturated carbocycles. The van der Waals surface area contributed by atoms with Gasteiger partial charge in [0.1, 0.15) is 11.6 Å². The van der Waals surface area contributed by atoms with Crippen LogP contribution in [-0.2, 0) is 24.3 Å². The van der Waals surface area contributed by atoms with Gasteiger partial charge >= 0.3 is 0 Å². The fraction of sp³-hybridized carbons (Fsp3) is 0.200. The molecule has 0 fully saturated rings. The van der Waals surface area contributed by atoms with Gasteiger partial charge in [-0.2, -0.15) is 5.10 Å². The van der Waals surface area contributed by atoms with Gasteiger partial charge in [-0.1, -0.05) is 23.7 Å². The van der Waals surface area contributed by atoms with Crippen molar-refractivity contribution >= 4 is 17.5 Å². The number of amides is 1. The van der Waals surface area contributed by atoms with E-state index >= 15 is 0 Å². The first-order valence-electron chi connectivity index (χ1n) is 8.53. The molecule has 1 aromatic heterocycles. The van der Waals surface area contributed by atoms with Crippen LogP contribution in [0.3, 0.4) is 0 Å². The van der Waals surface area contributed by atoms with Gasteiger partial charge in [0.15, 0.2) is 0 Å². The van der Waals surface area contributed by atoms with Gasteiger partial charge < -0.3 is 4.90 Å². The lowest BCUT2D eigenvalue weighted by Crippen LogP contribution is -2.39. The van der Waals surface area contributed by atoms with Gasteiger partial charge in [0.05, 0.1) is 31.4 Å². The third-order valence-corrected chi connectivity index (χ3v) is 4.87. The first-order chi connectivity index (χ1) is 13.0. The van der Waals surface area contributed by atoms with Gasteiger partial charge in [-0.25, -0.2) is 8.78 Å². The van der Waals surface area contributed by atoms with Crippen molar-refractivity contribution in [3.63, 3.8) is 0 Å². The summed E-state index contributed by atoms with van der Waals surface area (Å²) in [5.41, 5.74) is 3.17. The second-order valence-corrected chi connectivity index (χ2v) is 6.94. The van der Waals surface area contributed by atoms with E-state index < -0.39 is 5.82 Å². The van der Waals surface area contributed by atoms with E-state index in [1.807, 2.05) is 4.68 Å². The molecule has 4 nitrogen and oxygen atoms in total. The highest BCUT2D eigenvalue weighted by atomic mass is 35.5. The van der Waals surface area contributed by atoms with Crippen molar-refractivity contribution in [2.45, 2.75) is 19.5 Å². The number of carbonyl (C=O) groups excluding carboxylic acids is 1. The molecule has 0 N–H and O–H groups in total. The van der Waals surface area contributed by atoms with Crippen molar-refractivity contribution in [3.05, 3.63) is 76.6 Å². The average molecular weight is 388 g/mol. The zero-order valence-corrected chi connectivity index (χ0v) is 15.1. The van der Waals surface area contributed by atoms with Gasteiger partial charge in [0, 0.05) is 17.1 Å². The fourth-order valence-corrected chi connectivity index (χ4v) is 3.57. The zero-order chi connectivity index (χ0) is 19.0. The highest BCUT2D eigenvalue weighted by molar-refractivity contribution is 6.30. The van der Waals surface area contributed by atoms with Crippen LogP contribution in [0.4, 0.5) is 8.78 Å². The van der Waals surface area contributed by atoms with Gasteiger partial charge in [-0.05, 0) is 41.5 Å². The molecule has 7 heteroatoms. The fourth-order valence-electron chi connectivity index (χ4n) is 3.33. The van der Waals surface area contributed by atoms with Gasteiger partial charge in [-0.3, -0.25) is 9.48 Å². The van der Waals surface area contributed by atoms with E-state index in [0.29, 0.717) is 25.2 Å². The monoisotopic (exact) mass is 387 g/mol. The Hall–Kier alpha value is -2.73. The number of rotatable bonds is 3. The minimum absolute atomic E-state index is 0.0809. The molecule has 2 aromatic carbocycles. The van der Waals surface area contributed by atoms with E-state index in [-0.39, 0.29) is 23.2 Å². The molecule has 0 atom stereocenters. The maximum Gasteiger partial charge on any atom is 0.227 e. The van der Waals surface area contributed by atoms with Gasteiger partial charge in [0.25, 0.3) is 0 Å². The van der Waals surface area contributed by atoms with E-state index in [2.05, 4.69) is 5.10 Å². The van der Waals surface area contributed by atoms with Crippen molar-refractivity contribution in [2.75, 3.05) is 6.54 Å². The quantitative estimate of drug-likeness (QED) is 0.679. The molecule has 1 amide bonds. The van der Waals surface area contributed by atoms with Crippen molar-refractivity contribution in [3.8, 4) is 11.1 Å². The lowest BCUT2D eigenvalue weighted by Gasteiger charge is -2.28. The SMILES string of the molecule is O=C(Cc1cc(F)cc(Cl)c1)N1CCn2ncc(-c3ccc(F)cc3)c2C1. The van der Waals surface area contributed by atoms with E-state index in [0.717, 1.165) is 16.8 Å². The Morgan fingerprint density at radius 3 is 2.59 bits per heavy atom. The summed E-state index contributed by atoms with van der Waals surface area (Å²) < 4.78 is 28.5. The molecule has 0 saturated heterocycles. The number of benzene rings is 2. The van der Waals surface area contributed by atoms with Crippen LogP contribution in [0.1, 0.15) is 11.3 Å². The molecule has 0 aliphatic carbocycles. The highest BCUT2D eigenvalue weighted by Crippen LogP contribution is 2.27. The molecule has 27 heavy (non-hydrogen) atoms. The lowest BCUT2D eigenvalue weighted by atomic mass is 10.0. The first-order valence-corrected chi connectivity index (χ1v) is 8.91. The molecular formula is C20H16ClF2N3O. The Kier molecular flexibility index (Phi) is 4.66. The number of hydrogen-bond acceptors (Lipinski definition) is 2. The summed E-state index contributed by atoms with van der Waals surface area (Å²) in [5, 5.41) is 4.65. The molecule has 1 aliphatic rings. The van der Waals surface area contributed by atoms with Crippen LogP contribution in [0.2, 0.25) is 5.02 Å². The van der Waals surface area contributed by atoms with E-state index in [1.54, 1.807) is 29.3 Å². The Morgan fingerprint density at radius 2 is 1.85 bits per heavy atom. The zero-order valence-electron chi connectivity index (χ0n) is 14.3. The number of carbonyl (C=O) groups is 1. The minimum atomic E-state index is -0.458. The molecule has 0 radical (unpaired) electrons. The third-order valence-electron chi connectivity index (χ3n) is 4.66. The molecule has 0 spiro atoms.